The van der Waals surface area contributed by atoms with Crippen molar-refractivity contribution in [3.05, 3.63) is 34.6 Å². The Kier molecular flexibility index (Phi) is 3.47. The molecule has 0 N–H and O–H groups in total. The molecular formula is C10H10ClFO2. The van der Waals surface area contributed by atoms with Crippen LogP contribution in [0.25, 0.3) is 0 Å². The van der Waals surface area contributed by atoms with E-state index in [-0.39, 0.29) is 11.4 Å². The Balaban J connectivity index is 3.21. The molecule has 0 fully saturated rings. The largest absolute Gasteiger partial charge is 0.465 e. The molecule has 0 unspecified atom stereocenters. The van der Waals surface area contributed by atoms with Crippen molar-refractivity contribution in [3.63, 3.8) is 0 Å². The SMILES string of the molecule is COC(=O)c1cc(F)c(CCl)cc1C. The highest BCUT2D eigenvalue weighted by Gasteiger charge is 2.12. The molecule has 0 aliphatic rings. The number of methoxy groups -OCH3 is 1. The number of halogens is 2. The molecule has 4 heteroatoms. The zero-order valence-corrected chi connectivity index (χ0v) is 8.69. The molecule has 0 aromatic heterocycles. The van der Waals surface area contributed by atoms with E-state index in [1.165, 1.54) is 7.11 Å². The van der Waals surface area contributed by atoms with Gasteiger partial charge in [-0.2, -0.15) is 0 Å². The highest BCUT2D eigenvalue weighted by atomic mass is 35.5. The molecule has 0 saturated carbocycles. The normalized spacial score (nSPS) is 10.0. The molecule has 0 aliphatic carbocycles. The predicted molar refractivity (Wildman–Crippen MR) is 52.0 cm³/mol. The van der Waals surface area contributed by atoms with Crippen molar-refractivity contribution in [1.29, 1.82) is 0 Å². The van der Waals surface area contributed by atoms with Crippen molar-refractivity contribution < 1.29 is 13.9 Å². The smallest absolute Gasteiger partial charge is 0.338 e. The van der Waals surface area contributed by atoms with E-state index in [0.717, 1.165) is 6.07 Å². The van der Waals surface area contributed by atoms with Crippen molar-refractivity contribution in [2.24, 2.45) is 0 Å². The third-order valence-corrected chi connectivity index (χ3v) is 2.23. The lowest BCUT2D eigenvalue weighted by Crippen LogP contribution is -2.05. The highest BCUT2D eigenvalue weighted by molar-refractivity contribution is 6.17. The van der Waals surface area contributed by atoms with Crippen LogP contribution < -0.4 is 0 Å². The Morgan fingerprint density at radius 3 is 2.71 bits per heavy atom. The number of aryl methyl sites for hydroxylation is 1. The number of carbonyl (C=O) groups excluding carboxylic acids is 1. The average Bonchev–Trinajstić information content (AvgIpc) is 2.19. The molecular weight excluding hydrogens is 207 g/mol. The Hall–Kier alpha value is -1.09. The van der Waals surface area contributed by atoms with Gasteiger partial charge in [0.1, 0.15) is 5.82 Å². The average molecular weight is 217 g/mol. The van der Waals surface area contributed by atoms with E-state index in [1.807, 2.05) is 0 Å². The van der Waals surface area contributed by atoms with Gasteiger partial charge in [0.15, 0.2) is 0 Å². The number of ether oxygens (including phenoxy) is 1. The van der Waals surface area contributed by atoms with Crippen molar-refractivity contribution >= 4 is 17.6 Å². The van der Waals surface area contributed by atoms with E-state index >= 15 is 0 Å². The van der Waals surface area contributed by atoms with E-state index in [1.54, 1.807) is 13.0 Å². The topological polar surface area (TPSA) is 26.3 Å². The summed E-state index contributed by atoms with van der Waals surface area (Å²) >= 11 is 5.51. The molecule has 1 rings (SSSR count). The summed E-state index contributed by atoms with van der Waals surface area (Å²) in [5.41, 5.74) is 1.28. The monoisotopic (exact) mass is 216 g/mol. The minimum absolute atomic E-state index is 0.0914. The fraction of sp³-hybridized carbons (Fsp3) is 0.300. The Labute approximate surface area is 86.6 Å². The minimum atomic E-state index is -0.539. The summed E-state index contributed by atoms with van der Waals surface area (Å²) < 4.78 is 17.7. The third kappa shape index (κ3) is 2.04. The first-order valence-corrected chi connectivity index (χ1v) is 4.57. The second-order valence-electron chi connectivity index (χ2n) is 2.88. The molecule has 0 amide bonds. The molecule has 0 aliphatic heterocycles. The van der Waals surface area contributed by atoms with Crippen molar-refractivity contribution in [2.45, 2.75) is 12.8 Å². The molecule has 14 heavy (non-hydrogen) atoms. The summed E-state index contributed by atoms with van der Waals surface area (Å²) in [5, 5.41) is 0. The van der Waals surface area contributed by atoms with E-state index in [4.69, 9.17) is 11.6 Å². The van der Waals surface area contributed by atoms with E-state index in [9.17, 15) is 9.18 Å². The lowest BCUT2D eigenvalue weighted by atomic mass is 10.1. The second-order valence-corrected chi connectivity index (χ2v) is 3.15. The van der Waals surface area contributed by atoms with Gasteiger partial charge in [-0.3, -0.25) is 0 Å². The van der Waals surface area contributed by atoms with Gasteiger partial charge in [-0.1, -0.05) is 6.07 Å². The summed E-state index contributed by atoms with van der Waals surface area (Å²) in [7, 11) is 1.26. The number of alkyl halides is 1. The van der Waals surface area contributed by atoms with Crippen LogP contribution in [-0.4, -0.2) is 13.1 Å². The second kappa shape index (κ2) is 4.42. The molecule has 0 heterocycles. The Bertz CT molecular complexity index is 363. The molecule has 1 aromatic carbocycles. The molecule has 0 radical (unpaired) electrons. The van der Waals surface area contributed by atoms with Crippen LogP contribution in [0.1, 0.15) is 21.5 Å². The van der Waals surface area contributed by atoms with Crippen LogP contribution in [0.2, 0.25) is 0 Å². The van der Waals surface area contributed by atoms with Crippen molar-refractivity contribution in [1.82, 2.24) is 0 Å². The van der Waals surface area contributed by atoms with Gasteiger partial charge < -0.3 is 4.74 Å². The standard InChI is InChI=1S/C10H10ClFO2/c1-6-3-7(5-11)9(12)4-8(6)10(13)14-2/h3-4H,5H2,1-2H3. The first kappa shape index (κ1) is 11.0. The summed E-state index contributed by atoms with van der Waals surface area (Å²) in [6.07, 6.45) is 0. The molecule has 2 nitrogen and oxygen atoms in total. The predicted octanol–water partition coefficient (Wildman–Crippen LogP) is 2.66. The fourth-order valence-corrected chi connectivity index (χ4v) is 1.38. The fourth-order valence-electron chi connectivity index (χ4n) is 1.17. The highest BCUT2D eigenvalue weighted by Crippen LogP contribution is 2.17. The number of hydrogen-bond donors (Lipinski definition) is 0. The molecule has 0 atom stereocenters. The zero-order chi connectivity index (χ0) is 10.7. The maximum atomic E-state index is 13.2. The maximum absolute atomic E-state index is 13.2. The maximum Gasteiger partial charge on any atom is 0.338 e. The molecule has 0 spiro atoms. The molecule has 0 saturated heterocycles. The number of hydrogen-bond acceptors (Lipinski definition) is 2. The first-order valence-electron chi connectivity index (χ1n) is 4.03. The summed E-state index contributed by atoms with van der Waals surface area (Å²) in [5.74, 6) is -0.928. The Morgan fingerprint density at radius 1 is 1.57 bits per heavy atom. The van der Waals surface area contributed by atoms with Gasteiger partial charge in [0, 0.05) is 5.56 Å². The summed E-state index contributed by atoms with van der Waals surface area (Å²) in [6, 6.07) is 2.70. The van der Waals surface area contributed by atoms with Gasteiger partial charge in [0.05, 0.1) is 18.6 Å². The lowest BCUT2D eigenvalue weighted by molar-refractivity contribution is 0.0599. The number of benzene rings is 1. The third-order valence-electron chi connectivity index (χ3n) is 1.94. The summed E-state index contributed by atoms with van der Waals surface area (Å²) in [6.45, 7) is 1.71. The van der Waals surface area contributed by atoms with E-state index in [0.29, 0.717) is 11.1 Å². The van der Waals surface area contributed by atoms with E-state index < -0.39 is 11.8 Å². The number of carbonyl (C=O) groups is 1. The van der Waals surface area contributed by atoms with Crippen LogP contribution in [0, 0.1) is 12.7 Å². The van der Waals surface area contributed by atoms with Gasteiger partial charge in [-0.25, -0.2) is 9.18 Å². The van der Waals surface area contributed by atoms with Crippen molar-refractivity contribution in [2.75, 3.05) is 7.11 Å². The molecule has 1 aromatic rings. The van der Waals surface area contributed by atoms with Gasteiger partial charge in [-0.05, 0) is 18.6 Å². The van der Waals surface area contributed by atoms with Crippen LogP contribution in [-0.2, 0) is 10.6 Å². The van der Waals surface area contributed by atoms with E-state index in [2.05, 4.69) is 4.74 Å². The van der Waals surface area contributed by atoms with Crippen LogP contribution in [0.15, 0.2) is 12.1 Å². The zero-order valence-electron chi connectivity index (χ0n) is 7.93. The lowest BCUT2D eigenvalue weighted by Gasteiger charge is -2.06. The first-order chi connectivity index (χ1) is 6.60. The van der Waals surface area contributed by atoms with Gasteiger partial charge in [-0.15, -0.1) is 11.6 Å². The van der Waals surface area contributed by atoms with Crippen LogP contribution in [0.3, 0.4) is 0 Å². The molecule has 76 valence electrons. The number of rotatable bonds is 2. The van der Waals surface area contributed by atoms with Gasteiger partial charge in [0.25, 0.3) is 0 Å². The van der Waals surface area contributed by atoms with Gasteiger partial charge >= 0.3 is 5.97 Å². The molecule has 0 bridgehead atoms. The van der Waals surface area contributed by atoms with Crippen LogP contribution in [0.5, 0.6) is 0 Å². The van der Waals surface area contributed by atoms with Gasteiger partial charge in [0.2, 0.25) is 0 Å². The summed E-state index contributed by atoms with van der Waals surface area (Å²) in [4.78, 5) is 11.2. The van der Waals surface area contributed by atoms with Crippen LogP contribution in [0.4, 0.5) is 4.39 Å². The van der Waals surface area contributed by atoms with Crippen molar-refractivity contribution in [3.8, 4) is 0 Å². The minimum Gasteiger partial charge on any atom is -0.465 e. The Morgan fingerprint density at radius 2 is 2.21 bits per heavy atom. The number of esters is 1. The van der Waals surface area contributed by atoms with Crippen LogP contribution >= 0.6 is 11.6 Å². The quantitative estimate of drug-likeness (QED) is 0.561.